The summed E-state index contributed by atoms with van der Waals surface area (Å²) in [5, 5.41) is 5.41. The van der Waals surface area contributed by atoms with Gasteiger partial charge in [-0.3, -0.25) is 9.59 Å². The lowest BCUT2D eigenvalue weighted by Gasteiger charge is -2.32. The lowest BCUT2D eigenvalue weighted by atomic mass is 10.0. The van der Waals surface area contributed by atoms with Crippen molar-refractivity contribution in [2.24, 2.45) is 0 Å². The summed E-state index contributed by atoms with van der Waals surface area (Å²) >= 11 is 0. The van der Waals surface area contributed by atoms with Crippen LogP contribution in [-0.4, -0.2) is 55.8 Å². The van der Waals surface area contributed by atoms with Gasteiger partial charge in [0, 0.05) is 25.1 Å². The molecule has 13 heteroatoms. The molecule has 0 bridgehead atoms. The smallest absolute Gasteiger partial charge is 0.406 e. The van der Waals surface area contributed by atoms with E-state index in [0.717, 1.165) is 36.6 Å². The third-order valence-corrected chi connectivity index (χ3v) is 7.09. The molecule has 1 fully saturated rings. The Labute approximate surface area is 237 Å². The number of hydrogen-bond acceptors (Lipinski definition) is 7. The Morgan fingerprint density at radius 2 is 1.90 bits per heavy atom. The maximum Gasteiger partial charge on any atom is 0.573 e. The van der Waals surface area contributed by atoms with Crippen molar-refractivity contribution < 1.29 is 31.9 Å². The maximum atomic E-state index is 14.2. The Balaban J connectivity index is 1.35. The molecule has 0 spiro atoms. The van der Waals surface area contributed by atoms with Crippen LogP contribution in [0.4, 0.5) is 23.4 Å². The number of nitrogen functional groups attached to an aromatic ring is 1. The number of nitrogens with two attached hydrogens (primary N) is 1. The van der Waals surface area contributed by atoms with E-state index in [1.807, 2.05) is 0 Å². The summed E-state index contributed by atoms with van der Waals surface area (Å²) in [4.78, 5) is 35.1. The van der Waals surface area contributed by atoms with E-state index in [1.165, 1.54) is 12.4 Å². The van der Waals surface area contributed by atoms with Crippen molar-refractivity contribution >= 4 is 28.5 Å². The van der Waals surface area contributed by atoms with Crippen molar-refractivity contribution in [1.29, 1.82) is 0 Å². The first-order valence-electron chi connectivity index (χ1n) is 13.1. The largest absolute Gasteiger partial charge is 0.573 e. The second-order valence-electron chi connectivity index (χ2n) is 9.84. The van der Waals surface area contributed by atoms with Crippen LogP contribution in [0.1, 0.15) is 41.2 Å². The van der Waals surface area contributed by atoms with Gasteiger partial charge in [-0.15, -0.1) is 13.2 Å². The van der Waals surface area contributed by atoms with Gasteiger partial charge < -0.3 is 15.4 Å². The second-order valence-corrected chi connectivity index (χ2v) is 9.84. The number of carbonyl (C=O) groups is 2. The highest BCUT2D eigenvalue weighted by molar-refractivity contribution is 5.98. The minimum atomic E-state index is -4.96. The molecule has 1 atom stereocenters. The Kier molecular flexibility index (Phi) is 7.92. The van der Waals surface area contributed by atoms with Crippen LogP contribution in [-0.2, 0) is 11.2 Å². The van der Waals surface area contributed by atoms with E-state index in [9.17, 15) is 27.2 Å². The molecule has 2 aromatic carbocycles. The zero-order valence-corrected chi connectivity index (χ0v) is 22.3. The van der Waals surface area contributed by atoms with E-state index in [4.69, 9.17) is 10.8 Å². The van der Waals surface area contributed by atoms with Gasteiger partial charge in [0.25, 0.3) is 0 Å². The number of Topliss-reactive ketones (excluding diaryl/α,β-unsaturated/α-hetero) is 1. The number of amides is 1. The number of aryl methyl sites for hydroxylation is 1. The summed E-state index contributed by atoms with van der Waals surface area (Å²) in [5.41, 5.74) is 8.32. The van der Waals surface area contributed by atoms with Crippen LogP contribution in [0.25, 0.3) is 22.3 Å². The van der Waals surface area contributed by atoms with E-state index in [2.05, 4.69) is 21.3 Å². The van der Waals surface area contributed by atoms with Gasteiger partial charge in [-0.25, -0.2) is 19.0 Å². The molecule has 2 N–H and O–H groups in total. The van der Waals surface area contributed by atoms with Crippen molar-refractivity contribution in [3.63, 3.8) is 0 Å². The zero-order chi connectivity index (χ0) is 30.0. The zero-order valence-electron chi connectivity index (χ0n) is 22.3. The molecule has 2 aromatic heterocycles. The van der Waals surface area contributed by atoms with Gasteiger partial charge in [-0.05, 0) is 49.1 Å². The number of alkyl halides is 3. The SMILES string of the molecule is C=CC(=O)N1CCC[C@@H](n2nc(-c3ccc(CCC(=O)c4cc(OC(F)(F)F)ccc4F)cc3)c3c(N)ncnc32)C1. The number of aromatic nitrogens is 4. The molecule has 1 aliphatic heterocycles. The lowest BCUT2D eigenvalue weighted by molar-refractivity contribution is -0.274. The Morgan fingerprint density at radius 3 is 2.62 bits per heavy atom. The lowest BCUT2D eigenvalue weighted by Crippen LogP contribution is -2.40. The summed E-state index contributed by atoms with van der Waals surface area (Å²) in [7, 11) is 0. The summed E-state index contributed by atoms with van der Waals surface area (Å²) in [6.45, 7) is 4.66. The summed E-state index contributed by atoms with van der Waals surface area (Å²) in [5.74, 6) is -2.15. The van der Waals surface area contributed by atoms with Gasteiger partial charge in [0.15, 0.2) is 11.4 Å². The van der Waals surface area contributed by atoms with Gasteiger partial charge in [0.1, 0.15) is 29.4 Å². The molecule has 0 saturated carbocycles. The monoisotopic (exact) mass is 582 g/mol. The molecule has 0 unspecified atom stereocenters. The van der Waals surface area contributed by atoms with E-state index < -0.39 is 29.3 Å². The molecule has 218 valence electrons. The number of rotatable bonds is 8. The van der Waals surface area contributed by atoms with Crippen molar-refractivity contribution in [3.8, 4) is 17.0 Å². The molecule has 0 radical (unpaired) electrons. The number of fused-ring (bicyclic) bond motifs is 1. The van der Waals surface area contributed by atoms with Crippen LogP contribution in [0.3, 0.4) is 0 Å². The second kappa shape index (κ2) is 11.6. The van der Waals surface area contributed by atoms with E-state index in [-0.39, 0.29) is 30.6 Å². The fraction of sp³-hybridized carbons (Fsp3) is 0.276. The van der Waals surface area contributed by atoms with Crippen molar-refractivity contribution in [3.05, 3.63) is 78.4 Å². The van der Waals surface area contributed by atoms with Gasteiger partial charge in [-0.2, -0.15) is 5.10 Å². The molecule has 4 aromatic rings. The number of ketones is 1. The van der Waals surface area contributed by atoms with Crippen molar-refractivity contribution in [2.45, 2.75) is 38.1 Å². The van der Waals surface area contributed by atoms with E-state index in [1.54, 1.807) is 33.8 Å². The molecular weight excluding hydrogens is 556 g/mol. The van der Waals surface area contributed by atoms with Gasteiger partial charge in [0.2, 0.25) is 5.91 Å². The predicted octanol–water partition coefficient (Wildman–Crippen LogP) is 5.28. The summed E-state index contributed by atoms with van der Waals surface area (Å²) < 4.78 is 57.3. The standard InChI is InChI=1S/C29H26F4N6O3/c1-2-24(41)38-13-3-4-19(15-38)39-28-25(27(34)35-16-36-28)26(37-39)18-8-5-17(6-9-18)7-12-23(40)21-14-20(10-11-22(21)30)42-29(31,32)33/h2,5-6,8-11,14,16,19H,1,3-4,7,12-13,15H2,(H2,34,35,36)/t19-/m1/s1. The topological polar surface area (TPSA) is 116 Å². The highest BCUT2D eigenvalue weighted by Crippen LogP contribution is 2.34. The molecular formula is C29H26F4N6O3. The van der Waals surface area contributed by atoms with Gasteiger partial charge in [-0.1, -0.05) is 30.8 Å². The highest BCUT2D eigenvalue weighted by atomic mass is 19.4. The van der Waals surface area contributed by atoms with Crippen LogP contribution in [0.15, 0.2) is 61.4 Å². The summed E-state index contributed by atoms with van der Waals surface area (Å²) in [6, 6.07) is 9.35. The Hall–Kier alpha value is -4.81. The first kappa shape index (κ1) is 28.7. The minimum Gasteiger partial charge on any atom is -0.406 e. The average molecular weight is 583 g/mol. The number of carbonyl (C=O) groups excluding carboxylic acids is 2. The van der Waals surface area contributed by atoms with Crippen LogP contribution in [0.5, 0.6) is 5.75 Å². The van der Waals surface area contributed by atoms with E-state index >= 15 is 0 Å². The van der Waals surface area contributed by atoms with Gasteiger partial charge in [0.05, 0.1) is 17.0 Å². The normalized spacial score (nSPS) is 15.5. The number of nitrogens with zero attached hydrogens (tertiary/aromatic N) is 5. The molecule has 5 rings (SSSR count). The number of halogens is 4. The molecule has 3 heterocycles. The fourth-order valence-corrected chi connectivity index (χ4v) is 5.07. The molecule has 1 aliphatic rings. The van der Waals surface area contributed by atoms with Gasteiger partial charge >= 0.3 is 6.36 Å². The number of anilines is 1. The Bertz CT molecular complexity index is 1650. The van der Waals surface area contributed by atoms with E-state index in [0.29, 0.717) is 35.4 Å². The molecule has 9 nitrogen and oxygen atoms in total. The first-order valence-corrected chi connectivity index (χ1v) is 13.1. The minimum absolute atomic E-state index is 0.126. The Morgan fingerprint density at radius 1 is 1.14 bits per heavy atom. The third kappa shape index (κ3) is 6.09. The average Bonchev–Trinajstić information content (AvgIpc) is 3.37. The van der Waals surface area contributed by atoms with Crippen LogP contribution in [0, 0.1) is 5.82 Å². The third-order valence-electron chi connectivity index (χ3n) is 7.09. The van der Waals surface area contributed by atoms with Crippen molar-refractivity contribution in [1.82, 2.24) is 24.6 Å². The number of piperidine rings is 1. The molecule has 1 amide bonds. The molecule has 1 saturated heterocycles. The van der Waals surface area contributed by atoms with Crippen molar-refractivity contribution in [2.75, 3.05) is 18.8 Å². The van der Waals surface area contributed by atoms with Crippen LogP contribution >= 0.6 is 0 Å². The van der Waals surface area contributed by atoms with Crippen LogP contribution < -0.4 is 10.5 Å². The molecule has 0 aliphatic carbocycles. The summed E-state index contributed by atoms with van der Waals surface area (Å²) in [6.07, 6.45) is -0.634. The maximum absolute atomic E-state index is 14.2. The fourth-order valence-electron chi connectivity index (χ4n) is 5.07. The highest BCUT2D eigenvalue weighted by Gasteiger charge is 2.32. The van der Waals surface area contributed by atoms with Crippen LogP contribution in [0.2, 0.25) is 0 Å². The number of ether oxygens (including phenoxy) is 1. The predicted molar refractivity (Wildman–Crippen MR) is 146 cm³/mol. The number of likely N-dealkylation sites (tertiary alicyclic amines) is 1. The molecule has 42 heavy (non-hydrogen) atoms. The first-order chi connectivity index (χ1) is 20.0. The quantitative estimate of drug-likeness (QED) is 0.171. The number of benzene rings is 2. The number of hydrogen-bond donors (Lipinski definition) is 1.